The number of carbonyl (C=O) groups excluding carboxylic acids is 1. The molecule has 37 heavy (non-hydrogen) atoms. The largest absolute Gasteiger partial charge is 0.493 e. The molecule has 196 valence electrons. The zero-order valence-corrected chi connectivity index (χ0v) is 22.2. The van der Waals surface area contributed by atoms with Crippen LogP contribution in [0.25, 0.3) is 0 Å². The third-order valence-corrected chi connectivity index (χ3v) is 7.09. The maximum absolute atomic E-state index is 13.2. The summed E-state index contributed by atoms with van der Waals surface area (Å²) >= 11 is 12.0. The van der Waals surface area contributed by atoms with Crippen molar-refractivity contribution in [1.82, 2.24) is 5.32 Å². The highest BCUT2D eigenvalue weighted by Gasteiger charge is 2.22. The summed E-state index contributed by atoms with van der Waals surface area (Å²) in [5.41, 5.74) is 0.647. The van der Waals surface area contributed by atoms with E-state index in [0.29, 0.717) is 12.1 Å². The molecular weight excluding hydrogens is 543 g/mol. The molecule has 0 bridgehead atoms. The monoisotopic (exact) mass is 566 g/mol. The molecule has 9 nitrogen and oxygen atoms in total. The number of carboxylic acid groups (broad SMARTS) is 1. The molecular formula is C25H24Cl2N2O7S. The maximum Gasteiger partial charge on any atom is 0.307 e. The van der Waals surface area contributed by atoms with Crippen molar-refractivity contribution in [2.24, 2.45) is 0 Å². The number of halogens is 2. The fraction of sp³-hybridized carbons (Fsp3) is 0.200. The summed E-state index contributed by atoms with van der Waals surface area (Å²) in [6, 6.07) is 12.8. The van der Waals surface area contributed by atoms with Crippen LogP contribution in [-0.2, 0) is 21.2 Å². The minimum atomic E-state index is -4.22. The molecule has 0 spiro atoms. The summed E-state index contributed by atoms with van der Waals surface area (Å²) in [6.45, 7) is 2.35. The number of benzene rings is 3. The van der Waals surface area contributed by atoms with Crippen molar-refractivity contribution in [2.45, 2.75) is 24.7 Å². The molecule has 0 fully saturated rings. The third-order valence-electron chi connectivity index (χ3n) is 5.01. The van der Waals surface area contributed by atoms with Gasteiger partial charge >= 0.3 is 5.97 Å². The topological polar surface area (TPSA) is 131 Å². The fourth-order valence-corrected chi connectivity index (χ4v) is 5.11. The van der Waals surface area contributed by atoms with Crippen LogP contribution in [0.4, 0.5) is 5.69 Å². The number of methoxy groups -OCH3 is 1. The Kier molecular flexibility index (Phi) is 9.25. The van der Waals surface area contributed by atoms with Crippen molar-refractivity contribution in [1.29, 1.82) is 0 Å². The number of aliphatic carboxylic acids is 1. The molecule has 0 aromatic heterocycles. The van der Waals surface area contributed by atoms with Crippen LogP contribution < -0.4 is 19.5 Å². The lowest BCUT2D eigenvalue weighted by molar-refractivity contribution is -0.136. The van der Waals surface area contributed by atoms with Crippen LogP contribution in [-0.4, -0.2) is 39.1 Å². The Bertz CT molecular complexity index is 1430. The van der Waals surface area contributed by atoms with E-state index in [2.05, 4.69) is 10.0 Å². The van der Waals surface area contributed by atoms with Gasteiger partial charge in [0.25, 0.3) is 15.9 Å². The van der Waals surface area contributed by atoms with Gasteiger partial charge in [-0.05, 0) is 60.5 Å². The number of carbonyl (C=O) groups is 2. The van der Waals surface area contributed by atoms with E-state index in [1.807, 2.05) is 6.92 Å². The van der Waals surface area contributed by atoms with Gasteiger partial charge in [-0.15, -0.1) is 0 Å². The van der Waals surface area contributed by atoms with Crippen LogP contribution >= 0.6 is 23.2 Å². The zero-order chi connectivity index (χ0) is 27.2. The Morgan fingerprint density at radius 1 is 0.973 bits per heavy atom. The van der Waals surface area contributed by atoms with Crippen molar-refractivity contribution in [2.75, 3.05) is 18.4 Å². The van der Waals surface area contributed by atoms with Gasteiger partial charge < -0.3 is 19.9 Å². The molecule has 3 rings (SSSR count). The van der Waals surface area contributed by atoms with E-state index in [9.17, 15) is 18.0 Å². The predicted octanol–water partition coefficient (Wildman–Crippen LogP) is 5.36. The first-order valence-electron chi connectivity index (χ1n) is 11.0. The summed E-state index contributed by atoms with van der Waals surface area (Å²) in [4.78, 5) is 23.4. The van der Waals surface area contributed by atoms with Gasteiger partial charge in [0.05, 0.1) is 24.2 Å². The van der Waals surface area contributed by atoms with E-state index in [-0.39, 0.29) is 49.9 Å². The minimum Gasteiger partial charge on any atom is -0.493 e. The minimum absolute atomic E-state index is 0.0353. The van der Waals surface area contributed by atoms with Gasteiger partial charge in [0.2, 0.25) is 0 Å². The van der Waals surface area contributed by atoms with Crippen LogP contribution in [0.15, 0.2) is 59.5 Å². The number of nitrogens with one attached hydrogen (secondary N) is 2. The number of sulfonamides is 1. The average Bonchev–Trinajstić information content (AvgIpc) is 2.83. The summed E-state index contributed by atoms with van der Waals surface area (Å²) < 4.78 is 40.1. The van der Waals surface area contributed by atoms with E-state index < -0.39 is 21.9 Å². The first-order valence-corrected chi connectivity index (χ1v) is 13.2. The number of hydrogen-bond acceptors (Lipinski definition) is 6. The van der Waals surface area contributed by atoms with Crippen molar-refractivity contribution in [3.8, 4) is 17.2 Å². The average molecular weight is 567 g/mol. The molecule has 0 saturated carbocycles. The highest BCUT2D eigenvalue weighted by Crippen LogP contribution is 2.38. The second-order valence-corrected chi connectivity index (χ2v) is 10.3. The van der Waals surface area contributed by atoms with Gasteiger partial charge in [0, 0.05) is 17.1 Å². The van der Waals surface area contributed by atoms with Gasteiger partial charge in [0.15, 0.2) is 17.2 Å². The van der Waals surface area contributed by atoms with E-state index >= 15 is 0 Å². The molecule has 0 heterocycles. The summed E-state index contributed by atoms with van der Waals surface area (Å²) in [7, 11) is -2.83. The van der Waals surface area contributed by atoms with Gasteiger partial charge in [-0.25, -0.2) is 8.42 Å². The highest BCUT2D eigenvalue weighted by atomic mass is 35.5. The molecule has 0 aliphatic heterocycles. The van der Waals surface area contributed by atoms with E-state index in [1.165, 1.54) is 55.6 Å². The quantitative estimate of drug-likeness (QED) is 0.284. The maximum atomic E-state index is 13.2. The van der Waals surface area contributed by atoms with Crippen molar-refractivity contribution in [3.63, 3.8) is 0 Å². The second kappa shape index (κ2) is 12.2. The van der Waals surface area contributed by atoms with E-state index in [4.69, 9.17) is 37.8 Å². The summed E-state index contributed by atoms with van der Waals surface area (Å²) in [6.07, 6.45) is 0.504. The van der Waals surface area contributed by atoms with Gasteiger partial charge in [-0.3, -0.25) is 14.3 Å². The van der Waals surface area contributed by atoms with Crippen molar-refractivity contribution in [3.05, 3.63) is 75.8 Å². The number of hydrogen-bond donors (Lipinski definition) is 3. The number of rotatable bonds is 11. The SMILES string of the molecule is CCCNC(=O)c1ccc(Oc2ccc(CC(=O)O)cc2OC)c(NS(=O)(=O)c2ccc(Cl)cc2Cl)c1. The molecule has 12 heteroatoms. The Labute approximate surface area is 224 Å². The Balaban J connectivity index is 2.04. The third kappa shape index (κ3) is 7.28. The molecule has 0 unspecified atom stereocenters. The molecule has 3 aromatic carbocycles. The van der Waals surface area contributed by atoms with E-state index in [1.54, 1.807) is 6.07 Å². The highest BCUT2D eigenvalue weighted by molar-refractivity contribution is 7.92. The van der Waals surface area contributed by atoms with Crippen LogP contribution in [0.5, 0.6) is 17.2 Å². The fourth-order valence-electron chi connectivity index (χ4n) is 3.27. The normalized spacial score (nSPS) is 11.0. The standard InChI is InChI=1S/C25H24Cl2N2O7S/c1-3-10-28-25(32)16-5-8-20(36-21-7-4-15(12-24(30)31)11-22(21)35-2)19(13-16)29-37(33,34)23-9-6-17(26)14-18(23)27/h4-9,11,13-14,29H,3,10,12H2,1-2H3,(H,28,32)(H,30,31). The first kappa shape index (κ1) is 28.1. The lowest BCUT2D eigenvalue weighted by Gasteiger charge is -2.17. The molecule has 0 atom stereocenters. The van der Waals surface area contributed by atoms with Crippen molar-refractivity contribution < 1.29 is 32.6 Å². The van der Waals surface area contributed by atoms with Crippen LogP contribution in [0, 0.1) is 0 Å². The predicted molar refractivity (Wildman–Crippen MR) is 141 cm³/mol. The number of amides is 1. The summed E-state index contributed by atoms with van der Waals surface area (Å²) in [5, 5.41) is 12.0. The first-order chi connectivity index (χ1) is 17.5. The molecule has 0 aliphatic carbocycles. The molecule has 3 aromatic rings. The zero-order valence-electron chi connectivity index (χ0n) is 19.9. The lowest BCUT2D eigenvalue weighted by atomic mass is 10.1. The van der Waals surface area contributed by atoms with Crippen molar-refractivity contribution >= 4 is 50.8 Å². The number of ether oxygens (including phenoxy) is 2. The molecule has 1 amide bonds. The van der Waals surface area contributed by atoms with Gasteiger partial charge in [-0.1, -0.05) is 36.2 Å². The molecule has 0 aliphatic rings. The van der Waals surface area contributed by atoms with Gasteiger partial charge in [0.1, 0.15) is 4.90 Å². The smallest absolute Gasteiger partial charge is 0.307 e. The Morgan fingerprint density at radius 2 is 1.70 bits per heavy atom. The van der Waals surface area contributed by atoms with E-state index in [0.717, 1.165) is 6.42 Å². The summed E-state index contributed by atoms with van der Waals surface area (Å²) in [5.74, 6) is -0.910. The molecule has 0 radical (unpaired) electrons. The second-order valence-electron chi connectivity index (χ2n) is 7.80. The van der Waals surface area contributed by atoms with Crippen LogP contribution in [0.2, 0.25) is 10.0 Å². The van der Waals surface area contributed by atoms with Crippen LogP contribution in [0.3, 0.4) is 0 Å². The Hall–Kier alpha value is -3.47. The molecule has 3 N–H and O–H groups in total. The number of anilines is 1. The van der Waals surface area contributed by atoms with Crippen LogP contribution in [0.1, 0.15) is 29.3 Å². The lowest BCUT2D eigenvalue weighted by Crippen LogP contribution is -2.24. The Morgan fingerprint density at radius 3 is 2.35 bits per heavy atom. The molecule has 0 saturated heterocycles. The number of carboxylic acids is 1. The van der Waals surface area contributed by atoms with Gasteiger partial charge in [-0.2, -0.15) is 0 Å².